The first-order valence-corrected chi connectivity index (χ1v) is 9.15. The maximum atomic E-state index is 12.6. The lowest BCUT2D eigenvalue weighted by Gasteiger charge is -2.29. The Morgan fingerprint density at radius 1 is 1.22 bits per heavy atom. The molecule has 0 aliphatic heterocycles. The van der Waals surface area contributed by atoms with Crippen molar-refractivity contribution in [3.63, 3.8) is 0 Å². The molecule has 0 unspecified atom stereocenters. The summed E-state index contributed by atoms with van der Waals surface area (Å²) in [5, 5.41) is 6.69. The van der Waals surface area contributed by atoms with Crippen molar-refractivity contribution in [2.24, 2.45) is 16.3 Å². The lowest BCUT2D eigenvalue weighted by Crippen LogP contribution is -2.43. The third kappa shape index (κ3) is 6.40. The molecule has 1 saturated carbocycles. The Balaban J connectivity index is 2.64. The molecule has 0 saturated heterocycles. The zero-order valence-electron chi connectivity index (χ0n) is 15.7. The largest absolute Gasteiger partial charge is 0.357 e. The summed E-state index contributed by atoms with van der Waals surface area (Å²) in [6.45, 7) is 8.92. The van der Waals surface area contributed by atoms with Gasteiger partial charge in [0, 0.05) is 27.2 Å². The molecule has 5 heteroatoms. The fourth-order valence-corrected chi connectivity index (χ4v) is 3.25. The van der Waals surface area contributed by atoms with Crippen LogP contribution in [-0.2, 0) is 4.79 Å². The second-order valence-electron chi connectivity index (χ2n) is 7.35. The van der Waals surface area contributed by atoms with Crippen LogP contribution in [0.1, 0.15) is 59.3 Å². The van der Waals surface area contributed by atoms with Crippen molar-refractivity contribution in [2.75, 3.05) is 33.7 Å². The molecule has 0 aromatic heterocycles. The predicted octanol–water partition coefficient (Wildman–Crippen LogP) is 2.63. The van der Waals surface area contributed by atoms with E-state index in [2.05, 4.69) is 31.4 Å². The highest BCUT2D eigenvalue weighted by molar-refractivity contribution is 5.84. The van der Waals surface area contributed by atoms with Gasteiger partial charge >= 0.3 is 0 Å². The molecule has 134 valence electrons. The smallest absolute Gasteiger partial charge is 0.230 e. The Bertz CT molecular complexity index is 384. The molecule has 5 nitrogen and oxygen atoms in total. The SMILES string of the molecule is CCNC(=NCC1(C(=O)N(C)C)CCCC1)NCCCC(C)C. The van der Waals surface area contributed by atoms with Crippen LogP contribution in [0.15, 0.2) is 4.99 Å². The lowest BCUT2D eigenvalue weighted by molar-refractivity contribution is -0.138. The van der Waals surface area contributed by atoms with E-state index in [0.717, 1.165) is 57.1 Å². The van der Waals surface area contributed by atoms with Gasteiger partial charge in [-0.25, -0.2) is 0 Å². The highest BCUT2D eigenvalue weighted by Crippen LogP contribution is 2.39. The van der Waals surface area contributed by atoms with E-state index < -0.39 is 0 Å². The molecular weight excluding hydrogens is 288 g/mol. The molecule has 0 spiro atoms. The van der Waals surface area contributed by atoms with Crippen molar-refractivity contribution in [1.82, 2.24) is 15.5 Å². The van der Waals surface area contributed by atoms with E-state index in [0.29, 0.717) is 6.54 Å². The monoisotopic (exact) mass is 324 g/mol. The van der Waals surface area contributed by atoms with Gasteiger partial charge in [0.05, 0.1) is 12.0 Å². The maximum absolute atomic E-state index is 12.6. The average Bonchev–Trinajstić information content (AvgIpc) is 2.98. The quantitative estimate of drug-likeness (QED) is 0.410. The average molecular weight is 325 g/mol. The van der Waals surface area contributed by atoms with E-state index >= 15 is 0 Å². The van der Waals surface area contributed by atoms with Crippen LogP contribution in [0.2, 0.25) is 0 Å². The number of hydrogen-bond acceptors (Lipinski definition) is 2. The van der Waals surface area contributed by atoms with Gasteiger partial charge in [-0.2, -0.15) is 0 Å². The van der Waals surface area contributed by atoms with Gasteiger partial charge in [0.1, 0.15) is 0 Å². The third-order valence-corrected chi connectivity index (χ3v) is 4.56. The summed E-state index contributed by atoms with van der Waals surface area (Å²) < 4.78 is 0. The summed E-state index contributed by atoms with van der Waals surface area (Å²) >= 11 is 0. The number of aliphatic imine (C=N–C) groups is 1. The number of carbonyl (C=O) groups is 1. The van der Waals surface area contributed by atoms with Crippen molar-refractivity contribution in [3.05, 3.63) is 0 Å². The minimum atomic E-state index is -0.288. The van der Waals surface area contributed by atoms with Crippen molar-refractivity contribution in [3.8, 4) is 0 Å². The van der Waals surface area contributed by atoms with Crippen molar-refractivity contribution in [1.29, 1.82) is 0 Å². The minimum Gasteiger partial charge on any atom is -0.357 e. The van der Waals surface area contributed by atoms with Gasteiger partial charge in [0.15, 0.2) is 5.96 Å². The summed E-state index contributed by atoms with van der Waals surface area (Å²) in [5.74, 6) is 1.80. The molecule has 1 fully saturated rings. The Morgan fingerprint density at radius 2 is 1.87 bits per heavy atom. The van der Waals surface area contributed by atoms with Crippen LogP contribution in [0.5, 0.6) is 0 Å². The maximum Gasteiger partial charge on any atom is 0.230 e. The standard InChI is InChI=1S/C18H36N4O/c1-6-19-17(20-13-9-10-15(2)3)21-14-18(11-7-8-12-18)16(23)22(4)5/h15H,6-14H2,1-5H3,(H2,19,20,21). The summed E-state index contributed by atoms with van der Waals surface area (Å²) in [4.78, 5) is 19.0. The fourth-order valence-electron chi connectivity index (χ4n) is 3.25. The van der Waals surface area contributed by atoms with E-state index in [1.165, 1.54) is 6.42 Å². The number of amides is 1. The first-order valence-electron chi connectivity index (χ1n) is 9.15. The third-order valence-electron chi connectivity index (χ3n) is 4.56. The van der Waals surface area contributed by atoms with Gasteiger partial charge in [-0.3, -0.25) is 9.79 Å². The number of rotatable bonds is 8. The molecule has 1 rings (SSSR count). The zero-order valence-corrected chi connectivity index (χ0v) is 15.7. The number of nitrogens with one attached hydrogen (secondary N) is 2. The number of nitrogens with zero attached hydrogens (tertiary/aromatic N) is 2. The van der Waals surface area contributed by atoms with Gasteiger partial charge in [-0.05, 0) is 38.5 Å². The number of hydrogen-bond donors (Lipinski definition) is 2. The van der Waals surface area contributed by atoms with E-state index in [-0.39, 0.29) is 11.3 Å². The van der Waals surface area contributed by atoms with Gasteiger partial charge in [-0.1, -0.05) is 26.7 Å². The molecule has 0 radical (unpaired) electrons. The van der Waals surface area contributed by atoms with Crippen LogP contribution < -0.4 is 10.6 Å². The lowest BCUT2D eigenvalue weighted by atomic mass is 9.85. The molecule has 1 aliphatic carbocycles. The minimum absolute atomic E-state index is 0.231. The predicted molar refractivity (Wildman–Crippen MR) is 97.6 cm³/mol. The van der Waals surface area contributed by atoms with Gasteiger partial charge < -0.3 is 15.5 Å². The van der Waals surface area contributed by atoms with Gasteiger partial charge in [-0.15, -0.1) is 0 Å². The van der Waals surface area contributed by atoms with Crippen LogP contribution >= 0.6 is 0 Å². The second kappa shape index (κ2) is 9.78. The van der Waals surface area contributed by atoms with Gasteiger partial charge in [0.2, 0.25) is 5.91 Å². The van der Waals surface area contributed by atoms with Crippen LogP contribution in [0.3, 0.4) is 0 Å². The first-order chi connectivity index (χ1) is 10.9. The Hall–Kier alpha value is -1.26. The highest BCUT2D eigenvalue weighted by atomic mass is 16.2. The number of guanidine groups is 1. The molecule has 0 atom stereocenters. The molecule has 1 amide bonds. The molecule has 23 heavy (non-hydrogen) atoms. The summed E-state index contributed by atoms with van der Waals surface area (Å²) in [7, 11) is 3.70. The van der Waals surface area contributed by atoms with E-state index in [1.54, 1.807) is 4.90 Å². The molecule has 0 bridgehead atoms. The first kappa shape index (κ1) is 19.8. The molecule has 0 aromatic rings. The zero-order chi connectivity index (χ0) is 17.3. The summed E-state index contributed by atoms with van der Waals surface area (Å²) in [6, 6.07) is 0. The summed E-state index contributed by atoms with van der Waals surface area (Å²) in [6.07, 6.45) is 6.54. The Labute approximate surface area is 142 Å². The fraction of sp³-hybridized carbons (Fsp3) is 0.889. The molecule has 0 heterocycles. The molecular formula is C18H36N4O. The molecule has 1 aliphatic rings. The topological polar surface area (TPSA) is 56.7 Å². The van der Waals surface area contributed by atoms with E-state index in [4.69, 9.17) is 4.99 Å². The van der Waals surface area contributed by atoms with Crippen molar-refractivity contribution in [2.45, 2.75) is 59.3 Å². The van der Waals surface area contributed by atoms with Crippen LogP contribution in [0, 0.1) is 11.3 Å². The van der Waals surface area contributed by atoms with E-state index in [9.17, 15) is 4.79 Å². The van der Waals surface area contributed by atoms with Crippen LogP contribution in [-0.4, -0.2) is 50.5 Å². The normalized spacial score (nSPS) is 17.4. The molecule has 0 aromatic carbocycles. The summed E-state index contributed by atoms with van der Waals surface area (Å²) in [5.41, 5.74) is -0.288. The Kier molecular flexibility index (Phi) is 8.42. The second-order valence-corrected chi connectivity index (χ2v) is 7.35. The van der Waals surface area contributed by atoms with Gasteiger partial charge in [0.25, 0.3) is 0 Å². The van der Waals surface area contributed by atoms with Crippen LogP contribution in [0.4, 0.5) is 0 Å². The Morgan fingerprint density at radius 3 is 2.39 bits per heavy atom. The van der Waals surface area contributed by atoms with Crippen molar-refractivity contribution >= 4 is 11.9 Å². The highest BCUT2D eigenvalue weighted by Gasteiger charge is 2.41. The van der Waals surface area contributed by atoms with Crippen molar-refractivity contribution < 1.29 is 4.79 Å². The molecule has 2 N–H and O–H groups in total. The van der Waals surface area contributed by atoms with Crippen LogP contribution in [0.25, 0.3) is 0 Å². The number of carbonyl (C=O) groups excluding carboxylic acids is 1. The van der Waals surface area contributed by atoms with E-state index in [1.807, 2.05) is 14.1 Å².